The number of thioether (sulfide) groups is 1. The summed E-state index contributed by atoms with van der Waals surface area (Å²) in [5.74, 6) is 0.537. The largest absolute Gasteiger partial charge is 0.381 e. The van der Waals surface area contributed by atoms with E-state index in [1.165, 1.54) is 0 Å². The number of nitrogens with zero attached hydrogens (tertiary/aromatic N) is 1. The van der Waals surface area contributed by atoms with Crippen LogP contribution in [0, 0.1) is 0 Å². The molecule has 6 heteroatoms. The van der Waals surface area contributed by atoms with Crippen molar-refractivity contribution in [2.45, 2.75) is 36.5 Å². The average molecular weight is 287 g/mol. The highest BCUT2D eigenvalue weighted by molar-refractivity contribution is 8.00. The molecule has 3 N–H and O–H groups in total. The van der Waals surface area contributed by atoms with Crippen molar-refractivity contribution in [2.75, 3.05) is 39.2 Å². The van der Waals surface area contributed by atoms with Crippen LogP contribution in [0.5, 0.6) is 0 Å². The molecule has 2 saturated heterocycles. The maximum absolute atomic E-state index is 5.93. The smallest absolute Gasteiger partial charge is 0.188 e. The van der Waals surface area contributed by atoms with Crippen LogP contribution in [0.1, 0.15) is 25.7 Å². The van der Waals surface area contributed by atoms with Crippen LogP contribution in [-0.4, -0.2) is 56.0 Å². The molecule has 1 unspecified atom stereocenters. The van der Waals surface area contributed by atoms with E-state index in [0.717, 1.165) is 58.6 Å². The highest BCUT2D eigenvalue weighted by atomic mass is 32.2. The second-order valence-corrected chi connectivity index (χ2v) is 6.49. The molecule has 0 spiro atoms. The van der Waals surface area contributed by atoms with Gasteiger partial charge in [0.15, 0.2) is 5.96 Å². The zero-order chi connectivity index (χ0) is 13.6. The third kappa shape index (κ3) is 4.54. The summed E-state index contributed by atoms with van der Waals surface area (Å²) in [6, 6.07) is 0. The standard InChI is InChI=1S/C13H25N3O2S/c1-19-13(4-7-17-8-5-13)10-16-12(14)15-9-11-3-2-6-18-11/h11H,2-10H2,1H3,(H3,14,15,16). The molecule has 2 heterocycles. The van der Waals surface area contributed by atoms with Gasteiger partial charge in [-0.2, -0.15) is 11.8 Å². The van der Waals surface area contributed by atoms with Crippen molar-refractivity contribution in [3.8, 4) is 0 Å². The molecule has 2 rings (SSSR count). The maximum atomic E-state index is 5.93. The van der Waals surface area contributed by atoms with Crippen LogP contribution in [0.25, 0.3) is 0 Å². The topological polar surface area (TPSA) is 68.9 Å². The van der Waals surface area contributed by atoms with E-state index in [1.807, 2.05) is 11.8 Å². The minimum Gasteiger partial charge on any atom is -0.381 e. The van der Waals surface area contributed by atoms with Gasteiger partial charge in [-0.3, -0.25) is 4.99 Å². The summed E-state index contributed by atoms with van der Waals surface area (Å²) in [4.78, 5) is 4.50. The van der Waals surface area contributed by atoms with E-state index in [0.29, 0.717) is 12.1 Å². The van der Waals surface area contributed by atoms with Crippen LogP contribution in [0.15, 0.2) is 4.99 Å². The molecule has 5 nitrogen and oxygen atoms in total. The molecule has 0 aromatic heterocycles. The molecule has 0 aromatic carbocycles. The van der Waals surface area contributed by atoms with Crippen molar-refractivity contribution in [3.63, 3.8) is 0 Å². The van der Waals surface area contributed by atoms with E-state index in [4.69, 9.17) is 15.2 Å². The fraction of sp³-hybridized carbons (Fsp3) is 0.923. The van der Waals surface area contributed by atoms with Gasteiger partial charge in [0.05, 0.1) is 12.6 Å². The first-order valence-electron chi connectivity index (χ1n) is 7.02. The van der Waals surface area contributed by atoms with Gasteiger partial charge in [-0.05, 0) is 31.9 Å². The molecule has 0 amide bonds. The Balaban J connectivity index is 1.75. The highest BCUT2D eigenvalue weighted by Crippen LogP contribution is 2.33. The number of ether oxygens (including phenoxy) is 2. The van der Waals surface area contributed by atoms with Gasteiger partial charge in [0, 0.05) is 31.1 Å². The Labute approximate surface area is 119 Å². The summed E-state index contributed by atoms with van der Waals surface area (Å²) >= 11 is 1.88. The number of rotatable bonds is 5. The normalized spacial score (nSPS) is 27.4. The van der Waals surface area contributed by atoms with Crippen LogP contribution in [0.3, 0.4) is 0 Å². The molecular formula is C13H25N3O2S. The predicted octanol–water partition coefficient (Wildman–Crippen LogP) is 0.982. The van der Waals surface area contributed by atoms with E-state index in [9.17, 15) is 0 Å². The Morgan fingerprint density at radius 3 is 2.84 bits per heavy atom. The van der Waals surface area contributed by atoms with E-state index >= 15 is 0 Å². The monoisotopic (exact) mass is 287 g/mol. The first kappa shape index (κ1) is 14.9. The van der Waals surface area contributed by atoms with Crippen LogP contribution in [-0.2, 0) is 9.47 Å². The average Bonchev–Trinajstić information content (AvgIpc) is 2.97. The molecule has 2 fully saturated rings. The first-order valence-corrected chi connectivity index (χ1v) is 8.25. The van der Waals surface area contributed by atoms with E-state index < -0.39 is 0 Å². The zero-order valence-electron chi connectivity index (χ0n) is 11.7. The summed E-state index contributed by atoms with van der Waals surface area (Å²) in [5.41, 5.74) is 5.93. The number of nitrogens with two attached hydrogens (primary N) is 1. The van der Waals surface area contributed by atoms with Crippen molar-refractivity contribution < 1.29 is 9.47 Å². The SMILES string of the molecule is CSC1(CN=C(N)NCC2CCCO2)CCOCC1. The van der Waals surface area contributed by atoms with Crippen molar-refractivity contribution in [1.82, 2.24) is 5.32 Å². The third-order valence-electron chi connectivity index (χ3n) is 3.91. The molecule has 0 radical (unpaired) electrons. The highest BCUT2D eigenvalue weighted by Gasteiger charge is 2.31. The Bertz CT molecular complexity index is 300. The first-order chi connectivity index (χ1) is 9.24. The van der Waals surface area contributed by atoms with Gasteiger partial charge in [0.1, 0.15) is 0 Å². The number of guanidine groups is 1. The lowest BCUT2D eigenvalue weighted by Gasteiger charge is -2.34. The fourth-order valence-corrected chi connectivity index (χ4v) is 3.25. The summed E-state index contributed by atoms with van der Waals surface area (Å²) < 4.78 is 11.2. The lowest BCUT2D eigenvalue weighted by Crippen LogP contribution is -2.40. The zero-order valence-corrected chi connectivity index (χ0v) is 12.5. The van der Waals surface area contributed by atoms with Gasteiger partial charge in [-0.1, -0.05) is 0 Å². The Morgan fingerprint density at radius 2 is 2.21 bits per heavy atom. The Kier molecular flexibility index (Phi) is 5.78. The van der Waals surface area contributed by atoms with Crippen LogP contribution >= 0.6 is 11.8 Å². The second kappa shape index (κ2) is 7.36. The molecule has 0 aliphatic carbocycles. The summed E-state index contributed by atoms with van der Waals surface area (Å²) in [6.45, 7) is 4.07. The predicted molar refractivity (Wildman–Crippen MR) is 79.8 cm³/mol. The molecule has 1 atom stereocenters. The summed E-state index contributed by atoms with van der Waals surface area (Å²) in [7, 11) is 0. The van der Waals surface area contributed by atoms with Crippen LogP contribution < -0.4 is 11.1 Å². The van der Waals surface area contributed by atoms with Gasteiger partial charge in [-0.15, -0.1) is 0 Å². The van der Waals surface area contributed by atoms with Crippen molar-refractivity contribution in [3.05, 3.63) is 0 Å². The van der Waals surface area contributed by atoms with Gasteiger partial charge in [0.2, 0.25) is 0 Å². The Morgan fingerprint density at radius 1 is 1.42 bits per heavy atom. The van der Waals surface area contributed by atoms with Crippen molar-refractivity contribution in [2.24, 2.45) is 10.7 Å². The molecule has 2 aliphatic heterocycles. The molecule has 0 saturated carbocycles. The van der Waals surface area contributed by atoms with Gasteiger partial charge < -0.3 is 20.5 Å². The molecule has 0 bridgehead atoms. The number of nitrogens with one attached hydrogen (secondary N) is 1. The fourth-order valence-electron chi connectivity index (χ4n) is 2.48. The minimum atomic E-state index is 0.203. The number of hydrogen-bond donors (Lipinski definition) is 2. The minimum absolute atomic E-state index is 0.203. The quantitative estimate of drug-likeness (QED) is 0.583. The van der Waals surface area contributed by atoms with Gasteiger partial charge >= 0.3 is 0 Å². The van der Waals surface area contributed by atoms with Crippen LogP contribution in [0.2, 0.25) is 0 Å². The van der Waals surface area contributed by atoms with Crippen molar-refractivity contribution in [1.29, 1.82) is 0 Å². The van der Waals surface area contributed by atoms with Crippen molar-refractivity contribution >= 4 is 17.7 Å². The molecule has 2 aliphatic rings. The maximum Gasteiger partial charge on any atom is 0.188 e. The van der Waals surface area contributed by atoms with E-state index in [1.54, 1.807) is 0 Å². The van der Waals surface area contributed by atoms with E-state index in [-0.39, 0.29) is 4.75 Å². The van der Waals surface area contributed by atoms with Crippen LogP contribution in [0.4, 0.5) is 0 Å². The molecular weight excluding hydrogens is 262 g/mol. The molecule has 19 heavy (non-hydrogen) atoms. The molecule has 0 aromatic rings. The van der Waals surface area contributed by atoms with E-state index in [2.05, 4.69) is 16.6 Å². The number of aliphatic imine (C=N–C) groups is 1. The Hall–Kier alpha value is -0.460. The third-order valence-corrected chi connectivity index (χ3v) is 5.31. The lowest BCUT2D eigenvalue weighted by atomic mass is 9.99. The molecule has 110 valence electrons. The van der Waals surface area contributed by atoms with Gasteiger partial charge in [0.25, 0.3) is 0 Å². The summed E-state index contributed by atoms with van der Waals surface area (Å²) in [5, 5.41) is 3.17. The second-order valence-electron chi connectivity index (χ2n) is 5.22. The number of hydrogen-bond acceptors (Lipinski definition) is 4. The lowest BCUT2D eigenvalue weighted by molar-refractivity contribution is 0.0794. The summed E-state index contributed by atoms with van der Waals surface area (Å²) in [6.07, 6.45) is 6.82. The van der Waals surface area contributed by atoms with Gasteiger partial charge in [-0.25, -0.2) is 0 Å².